The first-order valence-electron chi connectivity index (χ1n) is 9.83. The molecule has 3 rings (SSSR count). The highest BCUT2D eigenvalue weighted by Crippen LogP contribution is 2.34. The molecule has 0 bridgehead atoms. The van der Waals surface area contributed by atoms with Crippen LogP contribution < -0.4 is 5.32 Å². The largest absolute Gasteiger partial charge is 0.462 e. The Morgan fingerprint density at radius 1 is 1.22 bits per heavy atom. The van der Waals surface area contributed by atoms with Gasteiger partial charge in [0, 0.05) is 0 Å². The van der Waals surface area contributed by atoms with Crippen molar-refractivity contribution in [1.82, 2.24) is 20.2 Å². The number of ketones is 1. The molecule has 0 atom stereocenters. The maximum atomic E-state index is 12.6. The predicted octanol–water partition coefficient (Wildman–Crippen LogP) is 3.76. The molecule has 9 nitrogen and oxygen atoms in total. The number of carbonyl (C=O) groups excluding carboxylic acids is 3. The monoisotopic (exact) mass is 473 g/mol. The number of ether oxygens (including phenoxy) is 1. The fraction of sp³-hybridized carbons (Fsp3) is 0.333. The van der Waals surface area contributed by atoms with Gasteiger partial charge < -0.3 is 10.1 Å². The average Bonchev–Trinajstić information content (AvgIpc) is 3.31. The Kier molecular flexibility index (Phi) is 7.41. The first-order chi connectivity index (χ1) is 15.2. The third-order valence-corrected chi connectivity index (χ3v) is 6.78. The summed E-state index contributed by atoms with van der Waals surface area (Å²) in [6.45, 7) is 8.94. The number of carbonyl (C=O) groups is 3. The van der Waals surface area contributed by atoms with Crippen LogP contribution in [0.1, 0.15) is 50.6 Å². The highest BCUT2D eigenvalue weighted by molar-refractivity contribution is 7.99. The van der Waals surface area contributed by atoms with Crippen molar-refractivity contribution < 1.29 is 19.1 Å². The van der Waals surface area contributed by atoms with Gasteiger partial charge in [0.1, 0.15) is 5.00 Å². The minimum absolute atomic E-state index is 0.0138. The van der Waals surface area contributed by atoms with Crippen LogP contribution >= 0.6 is 23.1 Å². The van der Waals surface area contributed by atoms with Crippen molar-refractivity contribution in [3.8, 4) is 5.69 Å². The van der Waals surface area contributed by atoms with Gasteiger partial charge in [-0.1, -0.05) is 29.5 Å². The van der Waals surface area contributed by atoms with Gasteiger partial charge in [-0.15, -0.1) is 16.4 Å². The fourth-order valence-corrected chi connectivity index (χ4v) is 4.93. The van der Waals surface area contributed by atoms with Crippen molar-refractivity contribution in [2.45, 2.75) is 39.8 Å². The zero-order valence-corrected chi connectivity index (χ0v) is 20.0. The summed E-state index contributed by atoms with van der Waals surface area (Å²) in [5.41, 5.74) is 3.67. The van der Waals surface area contributed by atoms with Crippen molar-refractivity contribution in [3.05, 3.63) is 45.3 Å². The summed E-state index contributed by atoms with van der Waals surface area (Å²) in [4.78, 5) is 37.4. The lowest BCUT2D eigenvalue weighted by Gasteiger charge is -2.09. The fourth-order valence-electron chi connectivity index (χ4n) is 3.14. The van der Waals surface area contributed by atoms with Crippen LogP contribution in [0.15, 0.2) is 23.4 Å². The van der Waals surface area contributed by atoms with Gasteiger partial charge >= 0.3 is 5.97 Å². The van der Waals surface area contributed by atoms with Gasteiger partial charge in [-0.2, -0.15) is 4.68 Å². The number of thioether (sulfide) groups is 1. The number of thiophene rings is 1. The Morgan fingerprint density at radius 2 is 1.97 bits per heavy atom. The molecule has 0 unspecified atom stereocenters. The molecule has 0 fully saturated rings. The van der Waals surface area contributed by atoms with Crippen LogP contribution in [-0.4, -0.2) is 50.2 Å². The van der Waals surface area contributed by atoms with Crippen LogP contribution in [0, 0.1) is 20.8 Å². The van der Waals surface area contributed by atoms with E-state index >= 15 is 0 Å². The van der Waals surface area contributed by atoms with Crippen molar-refractivity contribution in [1.29, 1.82) is 0 Å². The van der Waals surface area contributed by atoms with Crippen LogP contribution in [0.25, 0.3) is 5.69 Å². The van der Waals surface area contributed by atoms with E-state index in [0.29, 0.717) is 20.6 Å². The molecule has 32 heavy (non-hydrogen) atoms. The summed E-state index contributed by atoms with van der Waals surface area (Å²) in [6, 6.07) is 5.92. The third kappa shape index (κ3) is 5.05. The SMILES string of the molecule is CCOC(=O)c1c(NC(=O)CSc2nnnn2-c2ccc(C)cc2C)sc(C(C)=O)c1C. The van der Waals surface area contributed by atoms with E-state index in [1.54, 1.807) is 18.5 Å². The number of hydrogen-bond donors (Lipinski definition) is 1. The van der Waals surface area contributed by atoms with Crippen molar-refractivity contribution in [2.24, 2.45) is 0 Å². The number of benzene rings is 1. The summed E-state index contributed by atoms with van der Waals surface area (Å²) in [6.07, 6.45) is 0. The lowest BCUT2D eigenvalue weighted by atomic mass is 10.1. The Labute approximate surface area is 193 Å². The molecule has 0 saturated carbocycles. The van der Waals surface area contributed by atoms with Crippen LogP contribution in [0.3, 0.4) is 0 Å². The maximum Gasteiger partial charge on any atom is 0.341 e. The van der Waals surface area contributed by atoms with Gasteiger partial charge in [-0.05, 0) is 62.2 Å². The van der Waals surface area contributed by atoms with E-state index in [9.17, 15) is 14.4 Å². The minimum atomic E-state index is -0.574. The molecule has 3 aromatic rings. The molecule has 0 spiro atoms. The van der Waals surface area contributed by atoms with E-state index in [4.69, 9.17) is 4.74 Å². The molecule has 0 saturated heterocycles. The van der Waals surface area contributed by atoms with Crippen molar-refractivity contribution in [2.75, 3.05) is 17.7 Å². The van der Waals surface area contributed by atoms with Crippen LogP contribution in [-0.2, 0) is 9.53 Å². The van der Waals surface area contributed by atoms with E-state index in [1.807, 2.05) is 32.0 Å². The highest BCUT2D eigenvalue weighted by Gasteiger charge is 2.25. The molecule has 0 aliphatic heterocycles. The van der Waals surface area contributed by atoms with Gasteiger partial charge in [-0.3, -0.25) is 9.59 Å². The average molecular weight is 474 g/mol. The molecule has 1 aromatic carbocycles. The quantitative estimate of drug-likeness (QED) is 0.299. The lowest BCUT2D eigenvalue weighted by molar-refractivity contribution is -0.113. The van der Waals surface area contributed by atoms with E-state index in [-0.39, 0.29) is 29.6 Å². The Balaban J connectivity index is 1.77. The zero-order chi connectivity index (χ0) is 23.4. The normalized spacial score (nSPS) is 10.8. The summed E-state index contributed by atoms with van der Waals surface area (Å²) < 4.78 is 6.68. The van der Waals surface area contributed by atoms with Crippen LogP contribution in [0.4, 0.5) is 5.00 Å². The van der Waals surface area contributed by atoms with E-state index in [0.717, 1.165) is 28.2 Å². The number of tetrazole rings is 1. The number of Topliss-reactive ketones (excluding diaryl/α,β-unsaturated/α-hetero) is 1. The van der Waals surface area contributed by atoms with Crippen molar-refractivity contribution >= 4 is 45.8 Å². The van der Waals surface area contributed by atoms with Gasteiger partial charge in [0.15, 0.2) is 5.78 Å². The van der Waals surface area contributed by atoms with Gasteiger partial charge in [-0.25, -0.2) is 4.79 Å². The number of esters is 1. The molecular formula is C21H23N5O4S2. The standard InChI is InChI=1S/C21H23N5O4S2/c1-6-30-20(29)17-13(4)18(14(5)27)32-19(17)22-16(28)10-31-21-23-24-25-26(21)15-8-7-11(2)9-12(15)3/h7-9H,6,10H2,1-5H3,(H,22,28). The van der Waals surface area contributed by atoms with Crippen LogP contribution in [0.5, 0.6) is 0 Å². The number of aromatic nitrogens is 4. The Bertz CT molecular complexity index is 1190. The topological polar surface area (TPSA) is 116 Å². The summed E-state index contributed by atoms with van der Waals surface area (Å²) in [5, 5.41) is 15.3. The lowest BCUT2D eigenvalue weighted by Crippen LogP contribution is -2.17. The molecule has 1 N–H and O–H groups in total. The molecule has 1 amide bonds. The smallest absolute Gasteiger partial charge is 0.341 e. The number of amides is 1. The Hall–Kier alpha value is -3.05. The molecule has 0 aliphatic carbocycles. The first kappa shape index (κ1) is 23.6. The number of nitrogens with one attached hydrogen (secondary N) is 1. The van der Waals surface area contributed by atoms with E-state index < -0.39 is 5.97 Å². The Morgan fingerprint density at radius 3 is 2.62 bits per heavy atom. The number of rotatable bonds is 8. The summed E-state index contributed by atoms with van der Waals surface area (Å²) in [5.74, 6) is -1.09. The molecule has 11 heteroatoms. The molecule has 2 aromatic heterocycles. The molecule has 0 aliphatic rings. The third-order valence-electron chi connectivity index (χ3n) is 4.55. The number of aryl methyl sites for hydroxylation is 2. The number of nitrogens with zero attached hydrogens (tertiary/aromatic N) is 4. The second kappa shape index (κ2) is 10.0. The molecule has 0 radical (unpaired) electrons. The first-order valence-corrected chi connectivity index (χ1v) is 11.6. The van der Waals surface area contributed by atoms with E-state index in [1.165, 1.54) is 18.7 Å². The van der Waals surface area contributed by atoms with Gasteiger partial charge in [0.05, 0.1) is 28.5 Å². The molecule has 168 valence electrons. The zero-order valence-electron chi connectivity index (χ0n) is 18.4. The van der Waals surface area contributed by atoms with Crippen LogP contribution in [0.2, 0.25) is 0 Å². The van der Waals surface area contributed by atoms with Crippen molar-refractivity contribution in [3.63, 3.8) is 0 Å². The summed E-state index contributed by atoms with van der Waals surface area (Å²) >= 11 is 2.23. The summed E-state index contributed by atoms with van der Waals surface area (Å²) in [7, 11) is 0. The minimum Gasteiger partial charge on any atom is -0.462 e. The van der Waals surface area contributed by atoms with E-state index in [2.05, 4.69) is 20.8 Å². The predicted molar refractivity (Wildman–Crippen MR) is 123 cm³/mol. The highest BCUT2D eigenvalue weighted by atomic mass is 32.2. The van der Waals surface area contributed by atoms with Gasteiger partial charge in [0.25, 0.3) is 0 Å². The maximum absolute atomic E-state index is 12.6. The molecule has 2 heterocycles. The second-order valence-electron chi connectivity index (χ2n) is 7.04. The second-order valence-corrected chi connectivity index (χ2v) is 9.00. The number of anilines is 1. The van der Waals surface area contributed by atoms with Gasteiger partial charge in [0.2, 0.25) is 11.1 Å². The number of hydrogen-bond acceptors (Lipinski definition) is 9. The molecular weight excluding hydrogens is 450 g/mol.